The molecular weight excluding hydrogens is 210 g/mol. The van der Waals surface area contributed by atoms with Crippen molar-refractivity contribution in [1.29, 1.82) is 0 Å². The summed E-state index contributed by atoms with van der Waals surface area (Å²) in [5.41, 5.74) is 0. The number of carboxylic acids is 1. The van der Waals surface area contributed by atoms with Crippen LogP contribution in [0.25, 0.3) is 0 Å². The molecule has 1 aliphatic heterocycles. The molecule has 1 aliphatic rings. The summed E-state index contributed by atoms with van der Waals surface area (Å²) in [4.78, 5) is 14.5. The van der Waals surface area contributed by atoms with E-state index in [1.165, 1.54) is 6.42 Å². The van der Waals surface area contributed by atoms with E-state index in [4.69, 9.17) is 9.63 Å². The Morgan fingerprint density at radius 3 is 3.19 bits per heavy atom. The van der Waals surface area contributed by atoms with Crippen LogP contribution in [-0.4, -0.2) is 33.8 Å². The number of hydrogen-bond donors (Lipinski definition) is 2. The third-order valence-corrected chi connectivity index (χ3v) is 2.66. The molecule has 0 radical (unpaired) electrons. The first-order valence-electron chi connectivity index (χ1n) is 5.50. The van der Waals surface area contributed by atoms with Gasteiger partial charge >= 0.3 is 5.97 Å². The molecular formula is C10H15N3O3. The fourth-order valence-electron chi connectivity index (χ4n) is 1.84. The normalized spacial score (nSPS) is 20.1. The molecule has 2 rings (SSSR count). The number of carboxylic acid groups (broad SMARTS) is 1. The molecule has 1 atom stereocenters. The SMILES string of the molecule is O=C(O)CCc1noc(CC2CCCN2)n1. The summed E-state index contributed by atoms with van der Waals surface area (Å²) < 4.78 is 5.06. The van der Waals surface area contributed by atoms with Crippen molar-refractivity contribution < 1.29 is 14.4 Å². The summed E-state index contributed by atoms with van der Waals surface area (Å²) in [5.74, 6) is 0.235. The molecule has 88 valence electrons. The van der Waals surface area contributed by atoms with Crippen molar-refractivity contribution >= 4 is 5.97 Å². The van der Waals surface area contributed by atoms with Crippen LogP contribution < -0.4 is 5.32 Å². The van der Waals surface area contributed by atoms with Crippen LogP contribution in [0.15, 0.2) is 4.52 Å². The zero-order valence-electron chi connectivity index (χ0n) is 8.98. The molecule has 1 aromatic rings. The lowest BCUT2D eigenvalue weighted by atomic mass is 10.1. The number of nitrogens with one attached hydrogen (secondary N) is 1. The van der Waals surface area contributed by atoms with E-state index >= 15 is 0 Å². The molecule has 16 heavy (non-hydrogen) atoms. The van der Waals surface area contributed by atoms with Gasteiger partial charge in [-0.2, -0.15) is 4.98 Å². The maximum atomic E-state index is 10.4. The van der Waals surface area contributed by atoms with Gasteiger partial charge in [0.1, 0.15) is 0 Å². The molecule has 1 fully saturated rings. The average Bonchev–Trinajstić information content (AvgIpc) is 2.87. The number of hydrogen-bond acceptors (Lipinski definition) is 5. The number of nitrogens with zero attached hydrogens (tertiary/aromatic N) is 2. The van der Waals surface area contributed by atoms with E-state index in [2.05, 4.69) is 15.5 Å². The van der Waals surface area contributed by atoms with Gasteiger partial charge in [0.25, 0.3) is 0 Å². The Morgan fingerprint density at radius 1 is 1.62 bits per heavy atom. The summed E-state index contributed by atoms with van der Waals surface area (Å²) in [5, 5.41) is 15.6. The Balaban J connectivity index is 1.84. The van der Waals surface area contributed by atoms with Crippen LogP contribution in [0.1, 0.15) is 31.0 Å². The van der Waals surface area contributed by atoms with E-state index < -0.39 is 5.97 Å². The van der Waals surface area contributed by atoms with Crippen molar-refractivity contribution in [2.45, 2.75) is 38.1 Å². The number of carbonyl (C=O) groups is 1. The van der Waals surface area contributed by atoms with Gasteiger partial charge in [-0.25, -0.2) is 0 Å². The fraction of sp³-hybridized carbons (Fsp3) is 0.700. The smallest absolute Gasteiger partial charge is 0.303 e. The molecule has 6 nitrogen and oxygen atoms in total. The Bertz CT molecular complexity index is 358. The number of aryl methyl sites for hydroxylation is 1. The van der Waals surface area contributed by atoms with Crippen molar-refractivity contribution in [3.63, 3.8) is 0 Å². The minimum absolute atomic E-state index is 0.0423. The van der Waals surface area contributed by atoms with Gasteiger partial charge in [0.2, 0.25) is 5.89 Å². The topological polar surface area (TPSA) is 88.2 Å². The predicted molar refractivity (Wildman–Crippen MR) is 55.0 cm³/mol. The van der Waals surface area contributed by atoms with Gasteiger partial charge in [-0.3, -0.25) is 4.79 Å². The fourth-order valence-corrected chi connectivity index (χ4v) is 1.84. The first-order chi connectivity index (χ1) is 7.74. The Morgan fingerprint density at radius 2 is 2.50 bits per heavy atom. The molecule has 1 saturated heterocycles. The Labute approximate surface area is 93.0 Å². The quantitative estimate of drug-likeness (QED) is 0.753. The van der Waals surface area contributed by atoms with Crippen LogP contribution in [-0.2, 0) is 17.6 Å². The first kappa shape index (κ1) is 11.1. The maximum Gasteiger partial charge on any atom is 0.303 e. The zero-order chi connectivity index (χ0) is 11.4. The highest BCUT2D eigenvalue weighted by molar-refractivity contribution is 5.66. The predicted octanol–water partition coefficient (Wildman–Crippen LogP) is 0.381. The lowest BCUT2D eigenvalue weighted by molar-refractivity contribution is -0.137. The van der Waals surface area contributed by atoms with Crippen LogP contribution in [0.3, 0.4) is 0 Å². The summed E-state index contributed by atoms with van der Waals surface area (Å²) in [6.07, 6.45) is 3.43. The lowest BCUT2D eigenvalue weighted by Gasteiger charge is -2.04. The second kappa shape index (κ2) is 5.07. The second-order valence-electron chi connectivity index (χ2n) is 4.00. The Kier molecular flexibility index (Phi) is 3.51. The highest BCUT2D eigenvalue weighted by Gasteiger charge is 2.18. The third-order valence-electron chi connectivity index (χ3n) is 2.66. The van der Waals surface area contributed by atoms with Crippen LogP contribution in [0.4, 0.5) is 0 Å². The summed E-state index contributed by atoms with van der Waals surface area (Å²) in [6, 6.07) is 0.424. The van der Waals surface area contributed by atoms with Crippen LogP contribution in [0.2, 0.25) is 0 Å². The van der Waals surface area contributed by atoms with Crippen molar-refractivity contribution in [2.75, 3.05) is 6.54 Å². The molecule has 6 heteroatoms. The van der Waals surface area contributed by atoms with Gasteiger partial charge in [0, 0.05) is 18.9 Å². The maximum absolute atomic E-state index is 10.4. The molecule has 0 aliphatic carbocycles. The van der Waals surface area contributed by atoms with Crippen molar-refractivity contribution in [3.8, 4) is 0 Å². The second-order valence-corrected chi connectivity index (χ2v) is 4.00. The Hall–Kier alpha value is -1.43. The van der Waals surface area contributed by atoms with E-state index in [-0.39, 0.29) is 6.42 Å². The first-order valence-corrected chi connectivity index (χ1v) is 5.50. The van der Waals surface area contributed by atoms with Crippen LogP contribution in [0, 0.1) is 0 Å². The van der Waals surface area contributed by atoms with E-state index in [1.54, 1.807) is 0 Å². The molecule has 2 N–H and O–H groups in total. The van der Waals surface area contributed by atoms with Crippen molar-refractivity contribution in [2.24, 2.45) is 0 Å². The highest BCUT2D eigenvalue weighted by Crippen LogP contribution is 2.11. The molecule has 1 unspecified atom stereocenters. The summed E-state index contributed by atoms with van der Waals surface area (Å²) in [7, 11) is 0. The minimum Gasteiger partial charge on any atom is -0.481 e. The summed E-state index contributed by atoms with van der Waals surface area (Å²) >= 11 is 0. The molecule has 0 saturated carbocycles. The van der Waals surface area contributed by atoms with Gasteiger partial charge in [-0.05, 0) is 19.4 Å². The largest absolute Gasteiger partial charge is 0.481 e. The number of aromatic nitrogens is 2. The van der Waals surface area contributed by atoms with E-state index in [0.717, 1.165) is 19.4 Å². The van der Waals surface area contributed by atoms with E-state index in [1.807, 2.05) is 0 Å². The van der Waals surface area contributed by atoms with Gasteiger partial charge < -0.3 is 14.9 Å². The van der Waals surface area contributed by atoms with Crippen molar-refractivity contribution in [1.82, 2.24) is 15.5 Å². The monoisotopic (exact) mass is 225 g/mol. The lowest BCUT2D eigenvalue weighted by Crippen LogP contribution is -2.23. The molecule has 0 aromatic carbocycles. The molecule has 1 aromatic heterocycles. The highest BCUT2D eigenvalue weighted by atomic mass is 16.5. The molecule has 0 bridgehead atoms. The van der Waals surface area contributed by atoms with Gasteiger partial charge in [0.15, 0.2) is 5.82 Å². The zero-order valence-corrected chi connectivity index (χ0v) is 8.98. The number of rotatable bonds is 5. The number of aliphatic carboxylic acids is 1. The minimum atomic E-state index is -0.844. The molecule has 0 spiro atoms. The van der Waals surface area contributed by atoms with Crippen molar-refractivity contribution in [3.05, 3.63) is 11.7 Å². The standard InChI is InChI=1S/C10H15N3O3/c14-10(15)4-3-8-12-9(16-13-8)6-7-2-1-5-11-7/h7,11H,1-6H2,(H,14,15). The molecule has 0 amide bonds. The van der Waals surface area contributed by atoms with Gasteiger partial charge in [-0.15, -0.1) is 0 Å². The third kappa shape index (κ3) is 3.03. The van der Waals surface area contributed by atoms with E-state index in [0.29, 0.717) is 24.2 Å². The molecule has 2 heterocycles. The average molecular weight is 225 g/mol. The van der Waals surface area contributed by atoms with Crippen LogP contribution >= 0.6 is 0 Å². The van der Waals surface area contributed by atoms with E-state index in [9.17, 15) is 4.79 Å². The summed E-state index contributed by atoms with van der Waals surface area (Å²) in [6.45, 7) is 1.05. The van der Waals surface area contributed by atoms with Gasteiger partial charge in [-0.1, -0.05) is 5.16 Å². The van der Waals surface area contributed by atoms with Crippen LogP contribution in [0.5, 0.6) is 0 Å². The van der Waals surface area contributed by atoms with Gasteiger partial charge in [0.05, 0.1) is 6.42 Å².